The van der Waals surface area contributed by atoms with E-state index >= 15 is 0 Å². The van der Waals surface area contributed by atoms with Crippen LogP contribution in [0, 0.1) is 0 Å². The number of hydrogen-bond acceptors (Lipinski definition) is 6. The third kappa shape index (κ3) is 7.45. The lowest BCUT2D eigenvalue weighted by molar-refractivity contribution is -0.121. The molecular weight excluding hydrogens is 440 g/mol. The molecule has 0 unspecified atom stereocenters. The zero-order valence-corrected chi connectivity index (χ0v) is 20.4. The van der Waals surface area contributed by atoms with Crippen LogP contribution in [0.15, 0.2) is 54.6 Å². The second-order valence-electron chi connectivity index (χ2n) is 8.43. The molecule has 9 heteroatoms. The van der Waals surface area contributed by atoms with Gasteiger partial charge >= 0.3 is 0 Å². The summed E-state index contributed by atoms with van der Waals surface area (Å²) in [7, 11) is -1.55. The number of nitrogens with one attached hydrogen (secondary N) is 1. The third-order valence-corrected chi connectivity index (χ3v) is 6.95. The zero-order valence-electron chi connectivity index (χ0n) is 19.6. The predicted octanol–water partition coefficient (Wildman–Crippen LogP) is 2.39. The first-order valence-electron chi connectivity index (χ1n) is 11.2. The molecule has 2 aromatic rings. The summed E-state index contributed by atoms with van der Waals surface area (Å²) in [5.41, 5.74) is 0.415. The van der Waals surface area contributed by atoms with Crippen molar-refractivity contribution in [3.05, 3.63) is 54.6 Å². The van der Waals surface area contributed by atoms with Crippen molar-refractivity contribution in [2.45, 2.75) is 19.4 Å². The lowest BCUT2D eigenvalue weighted by atomic mass is 10.2. The van der Waals surface area contributed by atoms with Crippen LogP contribution in [0.3, 0.4) is 0 Å². The van der Waals surface area contributed by atoms with E-state index in [4.69, 9.17) is 4.74 Å². The average molecular weight is 475 g/mol. The van der Waals surface area contributed by atoms with Gasteiger partial charge in [0, 0.05) is 32.7 Å². The van der Waals surface area contributed by atoms with Gasteiger partial charge in [0.05, 0.1) is 11.9 Å². The second kappa shape index (κ2) is 11.5. The minimum Gasteiger partial charge on any atom is -0.457 e. The fraction of sp³-hybridized carbons (Fsp3) is 0.458. The van der Waals surface area contributed by atoms with Crippen LogP contribution in [0.2, 0.25) is 0 Å². The van der Waals surface area contributed by atoms with E-state index in [1.165, 1.54) is 0 Å². The van der Waals surface area contributed by atoms with E-state index in [0.717, 1.165) is 49.7 Å². The molecule has 1 fully saturated rings. The van der Waals surface area contributed by atoms with Crippen molar-refractivity contribution in [3.63, 3.8) is 0 Å². The lowest BCUT2D eigenvalue weighted by Crippen LogP contribution is -2.48. The van der Waals surface area contributed by atoms with Crippen LogP contribution in [0.5, 0.6) is 11.5 Å². The van der Waals surface area contributed by atoms with E-state index in [9.17, 15) is 13.2 Å². The topological polar surface area (TPSA) is 82.2 Å². The number of benzene rings is 2. The maximum Gasteiger partial charge on any atom is 0.243 e. The summed E-state index contributed by atoms with van der Waals surface area (Å²) in [6, 6.07) is 15.2. The van der Waals surface area contributed by atoms with Crippen LogP contribution >= 0.6 is 0 Å². The van der Waals surface area contributed by atoms with Crippen molar-refractivity contribution in [1.29, 1.82) is 0 Å². The normalized spacial score (nSPS) is 16.2. The first kappa shape index (κ1) is 25.0. The SMILES string of the molecule is C[C@@H](C(=O)NCCCN1CCN(C)CC1)N(c1ccc(Oc2ccccc2)cc1)S(C)(=O)=O. The van der Waals surface area contributed by atoms with E-state index in [0.29, 0.717) is 23.7 Å². The first-order valence-corrected chi connectivity index (χ1v) is 13.1. The largest absolute Gasteiger partial charge is 0.457 e. The van der Waals surface area contributed by atoms with Crippen LogP contribution in [0.1, 0.15) is 13.3 Å². The smallest absolute Gasteiger partial charge is 0.243 e. The molecule has 2 aromatic carbocycles. The molecule has 1 saturated heterocycles. The Labute approximate surface area is 197 Å². The number of nitrogens with zero attached hydrogens (tertiary/aromatic N) is 3. The van der Waals surface area contributed by atoms with Gasteiger partial charge in [-0.15, -0.1) is 0 Å². The fourth-order valence-electron chi connectivity index (χ4n) is 3.83. The van der Waals surface area contributed by atoms with Gasteiger partial charge in [0.25, 0.3) is 0 Å². The Kier molecular flexibility index (Phi) is 8.71. The molecule has 1 N–H and O–H groups in total. The van der Waals surface area contributed by atoms with Crippen molar-refractivity contribution in [2.24, 2.45) is 0 Å². The van der Waals surface area contributed by atoms with Gasteiger partial charge in [-0.2, -0.15) is 0 Å². The lowest BCUT2D eigenvalue weighted by Gasteiger charge is -2.32. The van der Waals surface area contributed by atoms with E-state index in [-0.39, 0.29) is 5.91 Å². The highest BCUT2D eigenvalue weighted by atomic mass is 32.2. The van der Waals surface area contributed by atoms with Crippen molar-refractivity contribution in [1.82, 2.24) is 15.1 Å². The number of para-hydroxylation sites is 1. The Morgan fingerprint density at radius 2 is 1.64 bits per heavy atom. The van der Waals surface area contributed by atoms with Gasteiger partial charge in [-0.25, -0.2) is 8.42 Å². The van der Waals surface area contributed by atoms with Crippen molar-refractivity contribution < 1.29 is 17.9 Å². The minimum atomic E-state index is -3.67. The Hall–Kier alpha value is -2.62. The fourth-order valence-corrected chi connectivity index (χ4v) is 5.00. The molecule has 0 aromatic heterocycles. The number of ether oxygens (including phenoxy) is 1. The standard InChI is InChI=1S/C24H34N4O4S/c1-20(24(29)25-14-7-15-27-18-16-26(2)17-19-27)28(33(3,30)31)21-10-12-23(13-11-21)32-22-8-5-4-6-9-22/h4-6,8-13,20H,7,14-19H2,1-3H3,(H,25,29)/t20-/m0/s1. The van der Waals surface area contributed by atoms with Gasteiger partial charge in [-0.3, -0.25) is 9.10 Å². The second-order valence-corrected chi connectivity index (χ2v) is 10.3. The quantitative estimate of drug-likeness (QED) is 0.533. The summed E-state index contributed by atoms with van der Waals surface area (Å²) in [5, 5.41) is 2.89. The number of anilines is 1. The van der Waals surface area contributed by atoms with Crippen LogP contribution in [-0.4, -0.2) is 82.7 Å². The summed E-state index contributed by atoms with van der Waals surface area (Å²) in [4.78, 5) is 17.4. The van der Waals surface area contributed by atoms with Crippen molar-refractivity contribution in [3.8, 4) is 11.5 Å². The number of sulfonamides is 1. The van der Waals surface area contributed by atoms with Gasteiger partial charge < -0.3 is 19.9 Å². The van der Waals surface area contributed by atoms with Gasteiger partial charge in [0.2, 0.25) is 15.9 Å². The van der Waals surface area contributed by atoms with Crippen molar-refractivity contribution >= 4 is 21.6 Å². The van der Waals surface area contributed by atoms with Gasteiger partial charge in [0.1, 0.15) is 17.5 Å². The highest BCUT2D eigenvalue weighted by molar-refractivity contribution is 7.92. The molecule has 1 aliphatic rings. The first-order chi connectivity index (χ1) is 15.7. The number of hydrogen-bond donors (Lipinski definition) is 1. The number of carbonyl (C=O) groups is 1. The molecule has 3 rings (SSSR count). The molecule has 8 nitrogen and oxygen atoms in total. The highest BCUT2D eigenvalue weighted by Crippen LogP contribution is 2.26. The van der Waals surface area contributed by atoms with E-state index < -0.39 is 16.1 Å². The van der Waals surface area contributed by atoms with Crippen molar-refractivity contribution in [2.75, 3.05) is 56.9 Å². The predicted molar refractivity (Wildman–Crippen MR) is 131 cm³/mol. The molecule has 0 saturated carbocycles. The Morgan fingerprint density at radius 1 is 1.03 bits per heavy atom. The monoisotopic (exact) mass is 474 g/mol. The summed E-state index contributed by atoms with van der Waals surface area (Å²) in [6.45, 7) is 7.21. The molecule has 0 spiro atoms. The number of rotatable bonds is 10. The molecule has 1 amide bonds. The molecule has 0 aliphatic carbocycles. The average Bonchev–Trinajstić information content (AvgIpc) is 2.79. The maximum absolute atomic E-state index is 12.7. The van der Waals surface area contributed by atoms with Gasteiger partial charge in [0.15, 0.2) is 0 Å². The number of carbonyl (C=O) groups excluding carboxylic acids is 1. The Balaban J connectivity index is 1.56. The van der Waals surface area contributed by atoms with Crippen LogP contribution in [0.25, 0.3) is 0 Å². The number of likely N-dealkylation sites (N-methyl/N-ethyl adjacent to an activating group) is 1. The summed E-state index contributed by atoms with van der Waals surface area (Å²) in [6.07, 6.45) is 1.94. The van der Waals surface area contributed by atoms with Crippen LogP contribution in [-0.2, 0) is 14.8 Å². The highest BCUT2D eigenvalue weighted by Gasteiger charge is 2.29. The molecule has 180 valence electrons. The molecule has 0 bridgehead atoms. The third-order valence-electron chi connectivity index (χ3n) is 5.70. The summed E-state index contributed by atoms with van der Waals surface area (Å²) >= 11 is 0. The Morgan fingerprint density at radius 3 is 2.24 bits per heavy atom. The van der Waals surface area contributed by atoms with Crippen LogP contribution in [0.4, 0.5) is 5.69 Å². The maximum atomic E-state index is 12.7. The number of piperazine rings is 1. The van der Waals surface area contributed by atoms with Gasteiger partial charge in [-0.05, 0) is 63.3 Å². The number of amides is 1. The van der Waals surface area contributed by atoms with E-state index in [1.807, 2.05) is 30.3 Å². The molecule has 33 heavy (non-hydrogen) atoms. The molecule has 1 heterocycles. The molecule has 1 atom stereocenters. The molecular formula is C24H34N4O4S. The van der Waals surface area contributed by atoms with Gasteiger partial charge in [-0.1, -0.05) is 18.2 Å². The Bertz CT molecular complexity index is 991. The van der Waals surface area contributed by atoms with Crippen LogP contribution < -0.4 is 14.4 Å². The van der Waals surface area contributed by atoms with E-state index in [1.54, 1.807) is 31.2 Å². The summed E-state index contributed by atoms with van der Waals surface area (Å²) in [5.74, 6) is 0.956. The van der Waals surface area contributed by atoms with E-state index in [2.05, 4.69) is 22.2 Å². The minimum absolute atomic E-state index is 0.316. The molecule has 0 radical (unpaired) electrons. The summed E-state index contributed by atoms with van der Waals surface area (Å²) < 4.78 is 32.0. The molecule has 1 aliphatic heterocycles. The zero-order chi connectivity index (χ0) is 23.8.